The van der Waals surface area contributed by atoms with Crippen molar-refractivity contribution < 1.29 is 9.15 Å². The summed E-state index contributed by atoms with van der Waals surface area (Å²) in [5.74, 6) is 0.853. The van der Waals surface area contributed by atoms with Gasteiger partial charge in [-0.15, -0.1) is 0 Å². The quantitative estimate of drug-likeness (QED) is 0.427. The normalized spacial score (nSPS) is 11.4. The first kappa shape index (κ1) is 16.9. The maximum absolute atomic E-state index is 11.4. The van der Waals surface area contributed by atoms with Crippen molar-refractivity contribution in [3.8, 4) is 17.3 Å². The Kier molecular flexibility index (Phi) is 3.88. The van der Waals surface area contributed by atoms with Crippen molar-refractivity contribution >= 4 is 44.3 Å². The van der Waals surface area contributed by atoms with Crippen LogP contribution in [0.4, 0.5) is 0 Å². The molecule has 0 amide bonds. The molecule has 2 aromatic carbocycles. The van der Waals surface area contributed by atoms with E-state index in [0.29, 0.717) is 33.3 Å². The average molecular weight is 411 g/mol. The molecule has 0 saturated heterocycles. The Labute approximate surface area is 166 Å². The molecule has 0 bridgehead atoms. The minimum Gasteiger partial charge on any atom is -0.438 e. The maximum atomic E-state index is 11.4. The second-order valence-electron chi connectivity index (χ2n) is 6.07. The number of hydrogen-bond donors (Lipinski definition) is 0. The van der Waals surface area contributed by atoms with E-state index < -0.39 is 0 Å². The zero-order valence-electron chi connectivity index (χ0n) is 14.4. The number of halogens is 1. The minimum absolute atomic E-state index is 0.352. The highest BCUT2D eigenvalue weighted by Crippen LogP contribution is 2.30. The lowest BCUT2D eigenvalue weighted by Gasteiger charge is -2.07. The number of nitrogens with zero attached hydrogens (tertiary/aromatic N) is 4. The Hall–Kier alpha value is -3.23. The number of benzene rings is 2. The van der Waals surface area contributed by atoms with E-state index in [0.717, 1.165) is 27.3 Å². The topological polar surface area (TPSA) is 83.0 Å². The lowest BCUT2D eigenvalue weighted by atomic mass is 10.2. The molecule has 0 aliphatic rings. The summed E-state index contributed by atoms with van der Waals surface area (Å²) < 4.78 is 13.5. The third-order valence-corrected chi connectivity index (χ3v) is 5.46. The number of aromatic nitrogens is 4. The van der Waals surface area contributed by atoms with Crippen molar-refractivity contribution in [2.24, 2.45) is 0 Å². The van der Waals surface area contributed by atoms with E-state index >= 15 is 0 Å². The van der Waals surface area contributed by atoms with Crippen LogP contribution in [0.1, 0.15) is 5.56 Å². The summed E-state index contributed by atoms with van der Waals surface area (Å²) in [4.78, 5) is 19.6. The molecule has 5 aromatic rings. The zero-order valence-corrected chi connectivity index (χ0v) is 16.0. The molecule has 5 rings (SSSR count). The van der Waals surface area contributed by atoms with Gasteiger partial charge in [-0.25, -0.2) is 19.4 Å². The predicted molar refractivity (Wildman–Crippen MR) is 107 cm³/mol. The van der Waals surface area contributed by atoms with Crippen LogP contribution in [0, 0.1) is 6.92 Å². The predicted octanol–water partition coefficient (Wildman–Crippen LogP) is 4.74. The Bertz CT molecular complexity index is 1410. The van der Waals surface area contributed by atoms with Crippen LogP contribution in [-0.4, -0.2) is 19.7 Å². The van der Waals surface area contributed by atoms with Crippen molar-refractivity contribution in [2.75, 3.05) is 0 Å². The molecule has 138 valence electrons. The second-order valence-corrected chi connectivity index (χ2v) is 7.46. The average Bonchev–Trinajstić information content (AvgIpc) is 3.27. The summed E-state index contributed by atoms with van der Waals surface area (Å²) in [6.45, 7) is 1.94. The molecule has 0 atom stereocenters. The lowest BCUT2D eigenvalue weighted by Crippen LogP contribution is -1.98. The summed E-state index contributed by atoms with van der Waals surface area (Å²) in [7, 11) is 0. The molecule has 3 aromatic heterocycles. The first-order valence-electron chi connectivity index (χ1n) is 8.25. The van der Waals surface area contributed by atoms with E-state index in [1.807, 2.05) is 25.1 Å². The fraction of sp³-hybridized carbons (Fsp3) is 0.0526. The smallest absolute Gasteiger partial charge is 0.396 e. The van der Waals surface area contributed by atoms with Gasteiger partial charge in [0.1, 0.15) is 17.5 Å². The van der Waals surface area contributed by atoms with Crippen LogP contribution in [0.15, 0.2) is 58.1 Å². The van der Waals surface area contributed by atoms with Crippen molar-refractivity contribution in [3.63, 3.8) is 0 Å². The highest BCUT2D eigenvalue weighted by molar-refractivity contribution is 7.16. The molecule has 7 nitrogen and oxygen atoms in total. The first-order valence-corrected chi connectivity index (χ1v) is 9.45. The van der Waals surface area contributed by atoms with E-state index in [4.69, 9.17) is 20.8 Å². The van der Waals surface area contributed by atoms with Gasteiger partial charge in [0.2, 0.25) is 5.88 Å². The van der Waals surface area contributed by atoms with Gasteiger partial charge in [-0.05, 0) is 36.8 Å². The Morgan fingerprint density at radius 3 is 2.93 bits per heavy atom. The standard InChI is InChI=1S/C19H11ClN4O3S/c1-10-2-3-11(6-14(10)20)24-17-13(8-23-24)18(22-9-21-17)26-12-4-5-16-15(7-12)27-19(25)28-16/h2-9H,1H3. The molecule has 0 aliphatic carbocycles. The highest BCUT2D eigenvalue weighted by atomic mass is 35.5. The first-order chi connectivity index (χ1) is 13.6. The molecule has 0 spiro atoms. The number of rotatable bonds is 3. The van der Waals surface area contributed by atoms with Gasteiger partial charge in [0, 0.05) is 11.1 Å². The molecule has 0 N–H and O–H groups in total. The van der Waals surface area contributed by atoms with Crippen LogP contribution >= 0.6 is 22.9 Å². The van der Waals surface area contributed by atoms with Gasteiger partial charge in [0.25, 0.3) is 0 Å². The van der Waals surface area contributed by atoms with E-state index in [-0.39, 0.29) is 4.94 Å². The number of hydrogen-bond acceptors (Lipinski definition) is 7. The van der Waals surface area contributed by atoms with Gasteiger partial charge in [0.05, 0.1) is 16.6 Å². The molecule has 3 heterocycles. The molecule has 9 heteroatoms. The summed E-state index contributed by atoms with van der Waals surface area (Å²) in [6.07, 6.45) is 3.05. The second kappa shape index (κ2) is 6.43. The molecule has 0 radical (unpaired) electrons. The molecule has 28 heavy (non-hydrogen) atoms. The summed E-state index contributed by atoms with van der Waals surface area (Å²) >= 11 is 7.29. The number of aryl methyl sites for hydroxylation is 1. The molecule has 0 aliphatic heterocycles. The zero-order chi connectivity index (χ0) is 19.3. The molecular formula is C19H11ClN4O3S. The van der Waals surface area contributed by atoms with Crippen LogP contribution in [0.2, 0.25) is 5.02 Å². The Morgan fingerprint density at radius 2 is 2.07 bits per heavy atom. The lowest BCUT2D eigenvalue weighted by molar-refractivity contribution is 0.467. The fourth-order valence-corrected chi connectivity index (χ4v) is 3.66. The van der Waals surface area contributed by atoms with E-state index in [1.54, 1.807) is 29.1 Å². The summed E-state index contributed by atoms with van der Waals surface area (Å²) in [5, 5.41) is 5.70. The molecule has 0 saturated carbocycles. The van der Waals surface area contributed by atoms with Gasteiger partial charge in [-0.3, -0.25) is 0 Å². The van der Waals surface area contributed by atoms with Gasteiger partial charge in [0.15, 0.2) is 11.2 Å². The number of ether oxygens (including phenoxy) is 1. The van der Waals surface area contributed by atoms with Crippen LogP contribution in [-0.2, 0) is 0 Å². The molecular weight excluding hydrogens is 400 g/mol. The SMILES string of the molecule is Cc1ccc(-n2ncc3c(Oc4ccc5sc(=O)oc5c4)ncnc32)cc1Cl. The van der Waals surface area contributed by atoms with E-state index in [2.05, 4.69) is 15.1 Å². The van der Waals surface area contributed by atoms with Crippen molar-refractivity contribution in [1.82, 2.24) is 19.7 Å². The Balaban J connectivity index is 1.57. The van der Waals surface area contributed by atoms with Crippen LogP contribution < -0.4 is 9.68 Å². The minimum atomic E-state index is -0.352. The van der Waals surface area contributed by atoms with E-state index in [9.17, 15) is 4.79 Å². The van der Waals surface area contributed by atoms with Gasteiger partial charge in [-0.2, -0.15) is 5.10 Å². The van der Waals surface area contributed by atoms with Gasteiger partial charge >= 0.3 is 4.94 Å². The third kappa shape index (κ3) is 2.83. The van der Waals surface area contributed by atoms with Crippen molar-refractivity contribution in [2.45, 2.75) is 6.92 Å². The third-order valence-electron chi connectivity index (χ3n) is 4.25. The summed E-state index contributed by atoms with van der Waals surface area (Å²) in [5.41, 5.74) is 2.84. The van der Waals surface area contributed by atoms with Crippen LogP contribution in [0.5, 0.6) is 11.6 Å². The van der Waals surface area contributed by atoms with Crippen LogP contribution in [0.3, 0.4) is 0 Å². The number of fused-ring (bicyclic) bond motifs is 2. The maximum Gasteiger partial charge on any atom is 0.396 e. The highest BCUT2D eigenvalue weighted by Gasteiger charge is 2.14. The van der Waals surface area contributed by atoms with Gasteiger partial charge < -0.3 is 9.15 Å². The molecule has 0 fully saturated rings. The van der Waals surface area contributed by atoms with Crippen molar-refractivity contribution in [1.29, 1.82) is 0 Å². The van der Waals surface area contributed by atoms with Crippen molar-refractivity contribution in [3.05, 3.63) is 69.2 Å². The largest absolute Gasteiger partial charge is 0.438 e. The monoisotopic (exact) mass is 410 g/mol. The fourth-order valence-electron chi connectivity index (χ4n) is 2.83. The van der Waals surface area contributed by atoms with Crippen LogP contribution in [0.25, 0.3) is 27.0 Å². The summed E-state index contributed by atoms with van der Waals surface area (Å²) in [6, 6.07) is 10.9. The Morgan fingerprint density at radius 1 is 1.18 bits per heavy atom. The van der Waals surface area contributed by atoms with Gasteiger partial charge in [-0.1, -0.05) is 29.0 Å². The molecule has 0 unspecified atom stereocenters. The van der Waals surface area contributed by atoms with E-state index in [1.165, 1.54) is 6.33 Å².